The van der Waals surface area contributed by atoms with Gasteiger partial charge in [-0.05, 0) is 0 Å². The molecule has 5 atom stereocenters. The van der Waals surface area contributed by atoms with Crippen molar-refractivity contribution in [2.75, 3.05) is 6.61 Å². The van der Waals surface area contributed by atoms with E-state index >= 15 is 0 Å². The molecule has 0 radical (unpaired) electrons. The highest BCUT2D eigenvalue weighted by Crippen LogP contribution is 2.21. The fourth-order valence-electron chi connectivity index (χ4n) is 1.35. The molecule has 0 saturated carbocycles. The standard InChI is InChI=1S/C8H15NO7/c1-3(11)9-16-7-6(13)5(12)4(2-10)15-8(7)14/h4-8,10,12-14H,2H2,1H3,(H,9,11)/t4-,5-,6+,7-,8+/m1/s1. The van der Waals surface area contributed by atoms with Gasteiger partial charge in [0.05, 0.1) is 6.61 Å². The van der Waals surface area contributed by atoms with Crippen LogP contribution in [0.3, 0.4) is 0 Å². The van der Waals surface area contributed by atoms with Crippen LogP contribution in [0.2, 0.25) is 0 Å². The largest absolute Gasteiger partial charge is 0.394 e. The average molecular weight is 237 g/mol. The molecule has 5 N–H and O–H groups in total. The summed E-state index contributed by atoms with van der Waals surface area (Å²) in [7, 11) is 0. The van der Waals surface area contributed by atoms with Gasteiger partial charge in [-0.2, -0.15) is 0 Å². The van der Waals surface area contributed by atoms with Crippen LogP contribution in [0.15, 0.2) is 0 Å². The first kappa shape index (κ1) is 13.3. The highest BCUT2D eigenvalue weighted by atomic mass is 16.7. The normalized spacial score (nSPS) is 39.4. The molecule has 0 aliphatic carbocycles. The van der Waals surface area contributed by atoms with Gasteiger partial charge in [0.2, 0.25) is 5.91 Å². The van der Waals surface area contributed by atoms with Crippen LogP contribution in [-0.2, 0) is 14.4 Å². The van der Waals surface area contributed by atoms with E-state index in [4.69, 9.17) is 9.84 Å². The summed E-state index contributed by atoms with van der Waals surface area (Å²) in [6.45, 7) is 0.623. The monoisotopic (exact) mass is 237 g/mol. The maximum absolute atomic E-state index is 10.6. The lowest BCUT2D eigenvalue weighted by Gasteiger charge is -2.39. The third kappa shape index (κ3) is 2.88. The first-order valence-electron chi connectivity index (χ1n) is 4.70. The number of hydroxylamine groups is 1. The van der Waals surface area contributed by atoms with Crippen molar-refractivity contribution in [2.45, 2.75) is 37.6 Å². The Bertz CT molecular complexity index is 249. The second-order valence-corrected chi connectivity index (χ2v) is 3.47. The van der Waals surface area contributed by atoms with Crippen molar-refractivity contribution in [3.05, 3.63) is 0 Å². The van der Waals surface area contributed by atoms with Gasteiger partial charge in [0.15, 0.2) is 12.4 Å². The lowest BCUT2D eigenvalue weighted by atomic mass is 9.99. The van der Waals surface area contributed by atoms with E-state index in [1.54, 1.807) is 0 Å². The molecule has 0 aromatic heterocycles. The summed E-state index contributed by atoms with van der Waals surface area (Å²) in [5.41, 5.74) is 1.92. The Morgan fingerprint density at radius 2 is 2.00 bits per heavy atom. The number of hydrogen-bond acceptors (Lipinski definition) is 7. The van der Waals surface area contributed by atoms with Gasteiger partial charge < -0.3 is 25.2 Å². The minimum Gasteiger partial charge on any atom is -0.394 e. The van der Waals surface area contributed by atoms with Crippen LogP contribution >= 0.6 is 0 Å². The summed E-state index contributed by atoms with van der Waals surface area (Å²) in [5.74, 6) is -0.529. The van der Waals surface area contributed by atoms with E-state index in [0.29, 0.717) is 0 Å². The first-order chi connectivity index (χ1) is 7.47. The zero-order valence-electron chi connectivity index (χ0n) is 8.61. The molecule has 0 unspecified atom stereocenters. The van der Waals surface area contributed by atoms with Crippen LogP contribution in [-0.4, -0.2) is 63.6 Å². The van der Waals surface area contributed by atoms with Gasteiger partial charge in [-0.3, -0.25) is 9.63 Å². The molecule has 1 amide bonds. The second kappa shape index (κ2) is 5.53. The lowest BCUT2D eigenvalue weighted by Crippen LogP contribution is -2.60. The van der Waals surface area contributed by atoms with Crippen LogP contribution < -0.4 is 5.48 Å². The summed E-state index contributed by atoms with van der Waals surface area (Å²) in [5, 5.41) is 37.2. The third-order valence-corrected chi connectivity index (χ3v) is 2.18. The van der Waals surface area contributed by atoms with E-state index in [-0.39, 0.29) is 0 Å². The van der Waals surface area contributed by atoms with Crippen LogP contribution in [0.25, 0.3) is 0 Å². The smallest absolute Gasteiger partial charge is 0.240 e. The topological polar surface area (TPSA) is 128 Å². The van der Waals surface area contributed by atoms with Crippen molar-refractivity contribution in [3.63, 3.8) is 0 Å². The molecule has 1 aliphatic heterocycles. The predicted molar refractivity (Wildman–Crippen MR) is 48.7 cm³/mol. The Morgan fingerprint density at radius 3 is 2.50 bits per heavy atom. The van der Waals surface area contributed by atoms with Crippen molar-refractivity contribution in [2.24, 2.45) is 0 Å². The quantitative estimate of drug-likeness (QED) is 0.328. The molecule has 94 valence electrons. The van der Waals surface area contributed by atoms with Gasteiger partial charge in [-0.15, -0.1) is 0 Å². The van der Waals surface area contributed by atoms with Crippen molar-refractivity contribution in [1.82, 2.24) is 5.48 Å². The van der Waals surface area contributed by atoms with Gasteiger partial charge in [0.25, 0.3) is 0 Å². The molecule has 16 heavy (non-hydrogen) atoms. The number of aliphatic hydroxyl groups is 4. The molecule has 0 spiro atoms. The fourth-order valence-corrected chi connectivity index (χ4v) is 1.35. The van der Waals surface area contributed by atoms with Crippen molar-refractivity contribution in [1.29, 1.82) is 0 Å². The SMILES string of the molecule is CC(=O)NO[C@@H]1[C@@H](O)[C@H](O)[C@@H](CO)O[C@@H]1O. The number of ether oxygens (including phenoxy) is 1. The fraction of sp³-hybridized carbons (Fsp3) is 0.875. The highest BCUT2D eigenvalue weighted by Gasteiger charge is 2.44. The molecule has 0 bridgehead atoms. The molecule has 1 heterocycles. The molecular formula is C8H15NO7. The van der Waals surface area contributed by atoms with Crippen LogP contribution in [0.5, 0.6) is 0 Å². The molecule has 1 fully saturated rings. The zero-order valence-corrected chi connectivity index (χ0v) is 8.61. The minimum absolute atomic E-state index is 0.529. The van der Waals surface area contributed by atoms with Crippen molar-refractivity contribution < 1.29 is 34.8 Å². The minimum atomic E-state index is -1.55. The van der Waals surface area contributed by atoms with Gasteiger partial charge in [0, 0.05) is 6.92 Å². The van der Waals surface area contributed by atoms with Crippen LogP contribution in [0.1, 0.15) is 6.92 Å². The summed E-state index contributed by atoms with van der Waals surface area (Å²) in [4.78, 5) is 15.2. The maximum Gasteiger partial charge on any atom is 0.240 e. The molecule has 0 aromatic carbocycles. The summed E-state index contributed by atoms with van der Waals surface area (Å²) >= 11 is 0. The Morgan fingerprint density at radius 1 is 1.38 bits per heavy atom. The Kier molecular flexibility index (Phi) is 4.59. The molecular weight excluding hydrogens is 222 g/mol. The molecule has 8 nitrogen and oxygen atoms in total. The van der Waals surface area contributed by atoms with E-state index in [0.717, 1.165) is 0 Å². The summed E-state index contributed by atoms with van der Waals surface area (Å²) in [6.07, 6.45) is -6.86. The van der Waals surface area contributed by atoms with E-state index in [1.165, 1.54) is 6.92 Å². The van der Waals surface area contributed by atoms with Gasteiger partial charge in [-0.1, -0.05) is 0 Å². The van der Waals surface area contributed by atoms with E-state index in [2.05, 4.69) is 4.84 Å². The number of hydrogen-bond donors (Lipinski definition) is 5. The Balaban J connectivity index is 2.60. The van der Waals surface area contributed by atoms with Crippen molar-refractivity contribution in [3.8, 4) is 0 Å². The zero-order chi connectivity index (χ0) is 12.3. The highest BCUT2D eigenvalue weighted by molar-refractivity contribution is 5.71. The van der Waals surface area contributed by atoms with Crippen LogP contribution in [0.4, 0.5) is 0 Å². The van der Waals surface area contributed by atoms with Crippen LogP contribution in [0, 0.1) is 0 Å². The third-order valence-electron chi connectivity index (χ3n) is 2.18. The molecule has 1 aliphatic rings. The van der Waals surface area contributed by atoms with E-state index < -0.39 is 43.2 Å². The number of aliphatic hydroxyl groups excluding tert-OH is 4. The second-order valence-electron chi connectivity index (χ2n) is 3.47. The molecule has 1 rings (SSSR count). The van der Waals surface area contributed by atoms with E-state index in [1.807, 2.05) is 5.48 Å². The van der Waals surface area contributed by atoms with Gasteiger partial charge in [0.1, 0.15) is 18.3 Å². The maximum atomic E-state index is 10.6. The number of rotatable bonds is 3. The number of carbonyl (C=O) groups excluding carboxylic acids is 1. The summed E-state index contributed by atoms with van der Waals surface area (Å²) < 4.78 is 4.78. The Hall–Kier alpha value is -0.770. The van der Waals surface area contributed by atoms with Gasteiger partial charge in [-0.25, -0.2) is 5.48 Å². The number of nitrogens with one attached hydrogen (secondary N) is 1. The lowest BCUT2D eigenvalue weighted by molar-refractivity contribution is -0.304. The Labute approximate surface area is 91.4 Å². The molecule has 1 saturated heterocycles. The number of amides is 1. The average Bonchev–Trinajstić information content (AvgIpc) is 2.22. The number of carbonyl (C=O) groups is 1. The summed E-state index contributed by atoms with van der Waals surface area (Å²) in [6, 6.07) is 0. The first-order valence-corrected chi connectivity index (χ1v) is 4.70. The van der Waals surface area contributed by atoms with Gasteiger partial charge >= 0.3 is 0 Å². The molecule has 8 heteroatoms. The molecule has 0 aromatic rings. The van der Waals surface area contributed by atoms with Crippen molar-refractivity contribution >= 4 is 5.91 Å². The predicted octanol–water partition coefficient (Wildman–Crippen LogP) is -3.15. The van der Waals surface area contributed by atoms with E-state index in [9.17, 15) is 20.1 Å².